The molecule has 30 heavy (non-hydrogen) atoms. The number of aliphatic hydroxyl groups is 2. The Balaban J connectivity index is 1.55. The highest BCUT2D eigenvalue weighted by molar-refractivity contribution is 6.42. The average Bonchev–Trinajstić information content (AvgIpc) is 3.40. The summed E-state index contributed by atoms with van der Waals surface area (Å²) in [6.07, 6.45) is 0.0352. The Morgan fingerprint density at radius 2 is 2.03 bits per heavy atom. The quantitative estimate of drug-likeness (QED) is 0.522. The van der Waals surface area contributed by atoms with E-state index in [0.29, 0.717) is 33.5 Å². The molecule has 4 heterocycles. The molecule has 8 nitrogen and oxygen atoms in total. The van der Waals surface area contributed by atoms with Crippen LogP contribution in [-0.2, 0) is 9.47 Å². The van der Waals surface area contributed by atoms with E-state index in [2.05, 4.69) is 9.97 Å². The van der Waals surface area contributed by atoms with Gasteiger partial charge in [-0.25, -0.2) is 9.97 Å². The predicted octanol–water partition coefficient (Wildman–Crippen LogP) is 2.51. The van der Waals surface area contributed by atoms with E-state index in [1.807, 2.05) is 6.07 Å². The fraction of sp³-hybridized carbons (Fsp3) is 0.400. The Morgan fingerprint density at radius 3 is 2.73 bits per heavy atom. The van der Waals surface area contributed by atoms with Crippen LogP contribution in [0.25, 0.3) is 11.0 Å². The summed E-state index contributed by atoms with van der Waals surface area (Å²) >= 11 is 12.3. The first kappa shape index (κ1) is 20.0. The molecule has 0 unspecified atom stereocenters. The van der Waals surface area contributed by atoms with Crippen molar-refractivity contribution in [2.24, 2.45) is 0 Å². The van der Waals surface area contributed by atoms with Gasteiger partial charge in [0.05, 0.1) is 28.1 Å². The lowest BCUT2D eigenvalue weighted by molar-refractivity contribution is -0.0755. The van der Waals surface area contributed by atoms with E-state index >= 15 is 0 Å². The average molecular weight is 451 g/mol. The van der Waals surface area contributed by atoms with Crippen molar-refractivity contribution in [2.75, 3.05) is 12.3 Å². The van der Waals surface area contributed by atoms with Gasteiger partial charge in [-0.1, -0.05) is 29.3 Å². The number of nitrogen functional groups attached to an aromatic ring is 1. The number of hydrogen-bond donors (Lipinski definition) is 3. The molecule has 0 amide bonds. The van der Waals surface area contributed by atoms with Crippen molar-refractivity contribution in [3.8, 4) is 0 Å². The molecule has 0 aliphatic carbocycles. The molecule has 2 fully saturated rings. The first-order valence-electron chi connectivity index (χ1n) is 9.48. The van der Waals surface area contributed by atoms with E-state index in [-0.39, 0.29) is 12.0 Å². The van der Waals surface area contributed by atoms with Gasteiger partial charge in [0.1, 0.15) is 35.6 Å². The lowest BCUT2D eigenvalue weighted by atomic mass is 9.80. The van der Waals surface area contributed by atoms with Gasteiger partial charge in [0.25, 0.3) is 0 Å². The molecule has 2 aliphatic heterocycles. The third kappa shape index (κ3) is 3.07. The minimum Gasteiger partial charge on any atom is -0.385 e. The van der Waals surface area contributed by atoms with E-state index in [9.17, 15) is 10.2 Å². The van der Waals surface area contributed by atoms with Crippen molar-refractivity contribution in [2.45, 2.75) is 43.0 Å². The number of epoxide rings is 1. The monoisotopic (exact) mass is 450 g/mol. The van der Waals surface area contributed by atoms with Crippen LogP contribution in [0, 0.1) is 0 Å². The van der Waals surface area contributed by atoms with Gasteiger partial charge in [-0.2, -0.15) is 0 Å². The summed E-state index contributed by atoms with van der Waals surface area (Å²) in [5, 5.41) is 23.8. The number of halogens is 2. The van der Waals surface area contributed by atoms with Crippen molar-refractivity contribution in [3.63, 3.8) is 0 Å². The summed E-state index contributed by atoms with van der Waals surface area (Å²) in [6, 6.07) is 7.03. The van der Waals surface area contributed by atoms with Crippen molar-refractivity contribution < 1.29 is 19.7 Å². The molecule has 10 heteroatoms. The second-order valence-electron chi connectivity index (χ2n) is 7.91. The van der Waals surface area contributed by atoms with Crippen molar-refractivity contribution in [1.82, 2.24) is 14.5 Å². The van der Waals surface area contributed by atoms with Gasteiger partial charge in [-0.05, 0) is 30.7 Å². The van der Waals surface area contributed by atoms with Crippen LogP contribution in [0.2, 0.25) is 10.0 Å². The Hall–Kier alpha value is -1.94. The molecule has 158 valence electrons. The third-order valence-corrected chi connectivity index (χ3v) is 6.70. The largest absolute Gasteiger partial charge is 0.385 e. The molecule has 2 saturated heterocycles. The van der Waals surface area contributed by atoms with Crippen LogP contribution in [0.1, 0.15) is 24.6 Å². The van der Waals surface area contributed by atoms with E-state index in [1.54, 1.807) is 35.9 Å². The van der Waals surface area contributed by atoms with Crippen LogP contribution in [0.3, 0.4) is 0 Å². The van der Waals surface area contributed by atoms with Gasteiger partial charge in [-0.15, -0.1) is 0 Å². The lowest BCUT2D eigenvalue weighted by Gasteiger charge is -2.32. The first-order valence-corrected chi connectivity index (χ1v) is 10.2. The predicted molar refractivity (Wildman–Crippen MR) is 111 cm³/mol. The SMILES string of the molecule is C[C@@]1(O)[C@@H]([C@@H](c2ccc(Cl)c(Cl)c2)[C@H]2CO2)O[C@@H](n2ccc3c(N)ncnc32)[C@@H]1O. The molecule has 2 aliphatic rings. The fourth-order valence-electron chi connectivity index (χ4n) is 4.25. The summed E-state index contributed by atoms with van der Waals surface area (Å²) in [7, 11) is 0. The van der Waals surface area contributed by atoms with Crippen LogP contribution < -0.4 is 5.73 Å². The second-order valence-corrected chi connectivity index (χ2v) is 8.72. The Bertz CT molecular complexity index is 1120. The molecule has 6 atom stereocenters. The van der Waals surface area contributed by atoms with Crippen LogP contribution in [0.4, 0.5) is 5.82 Å². The smallest absolute Gasteiger partial charge is 0.164 e. The number of nitrogens with two attached hydrogens (primary N) is 1. The number of benzene rings is 1. The maximum Gasteiger partial charge on any atom is 0.164 e. The van der Waals surface area contributed by atoms with Gasteiger partial charge in [-0.3, -0.25) is 0 Å². The summed E-state index contributed by atoms with van der Waals surface area (Å²) in [4.78, 5) is 8.25. The number of fused-ring (bicyclic) bond motifs is 1. The van der Waals surface area contributed by atoms with Crippen molar-refractivity contribution >= 4 is 40.1 Å². The summed E-state index contributed by atoms with van der Waals surface area (Å²) < 4.78 is 13.5. The Labute approximate surface area is 182 Å². The topological polar surface area (TPSA) is 119 Å². The minimum absolute atomic E-state index is 0.163. The number of nitrogens with zero attached hydrogens (tertiary/aromatic N) is 3. The van der Waals surface area contributed by atoms with Gasteiger partial charge < -0.3 is 30.0 Å². The van der Waals surface area contributed by atoms with Gasteiger partial charge >= 0.3 is 0 Å². The highest BCUT2D eigenvalue weighted by atomic mass is 35.5. The Morgan fingerprint density at radius 1 is 1.27 bits per heavy atom. The van der Waals surface area contributed by atoms with Crippen LogP contribution >= 0.6 is 23.2 Å². The maximum atomic E-state index is 11.3. The number of anilines is 1. The third-order valence-electron chi connectivity index (χ3n) is 5.96. The molecule has 5 rings (SSSR count). The zero-order valence-electron chi connectivity index (χ0n) is 15.9. The molecule has 3 aromatic rings. The summed E-state index contributed by atoms with van der Waals surface area (Å²) in [6.45, 7) is 2.09. The molecule has 0 saturated carbocycles. The fourth-order valence-corrected chi connectivity index (χ4v) is 4.55. The van der Waals surface area contributed by atoms with Gasteiger partial charge in [0.2, 0.25) is 0 Å². The molecule has 1 aromatic carbocycles. The number of aliphatic hydroxyl groups excluding tert-OH is 1. The maximum absolute atomic E-state index is 11.3. The van der Waals surface area contributed by atoms with Crippen LogP contribution in [0.5, 0.6) is 0 Å². The molecule has 0 spiro atoms. The van der Waals surface area contributed by atoms with E-state index in [4.69, 9.17) is 38.4 Å². The lowest BCUT2D eigenvalue weighted by Crippen LogP contribution is -2.48. The van der Waals surface area contributed by atoms with E-state index < -0.39 is 24.0 Å². The number of rotatable bonds is 4. The second kappa shape index (κ2) is 7.05. The van der Waals surface area contributed by atoms with Crippen LogP contribution in [-0.4, -0.2) is 55.3 Å². The molecule has 4 N–H and O–H groups in total. The van der Waals surface area contributed by atoms with Crippen molar-refractivity contribution in [3.05, 3.63) is 52.4 Å². The van der Waals surface area contributed by atoms with E-state index in [1.165, 1.54) is 6.33 Å². The zero-order chi connectivity index (χ0) is 21.2. The van der Waals surface area contributed by atoms with Crippen molar-refractivity contribution in [1.29, 1.82) is 0 Å². The minimum atomic E-state index is -1.57. The molecular formula is C20H20Cl2N4O4. The zero-order valence-corrected chi connectivity index (χ0v) is 17.5. The highest BCUT2D eigenvalue weighted by Crippen LogP contribution is 2.48. The van der Waals surface area contributed by atoms with Gasteiger partial charge in [0.15, 0.2) is 6.23 Å². The molecule has 2 aromatic heterocycles. The standard InChI is InChI=1S/C20H20Cl2N4O4/c1-20(28)15(27)19(26-5-4-10-17(23)24-8-25-18(10)26)30-16(20)14(13-7-29-13)9-2-3-11(21)12(22)6-9/h2-6,8,13-16,19,27-28H,7H2,1H3,(H2,23,24,25)/t13-,14+,15+,16-,19-,20+/m1/s1. The van der Waals surface area contributed by atoms with E-state index in [0.717, 1.165) is 5.56 Å². The highest BCUT2D eigenvalue weighted by Gasteiger charge is 2.58. The molecular weight excluding hydrogens is 431 g/mol. The molecule has 0 radical (unpaired) electrons. The van der Waals surface area contributed by atoms with Gasteiger partial charge in [0, 0.05) is 12.1 Å². The summed E-state index contributed by atoms with van der Waals surface area (Å²) in [5.41, 5.74) is 5.68. The normalized spacial score (nSPS) is 31.9. The first-order chi connectivity index (χ1) is 14.3. The number of aromatic nitrogens is 3. The van der Waals surface area contributed by atoms with Crippen LogP contribution in [0.15, 0.2) is 36.8 Å². The Kier molecular flexibility index (Phi) is 4.70. The molecule has 0 bridgehead atoms. The summed E-state index contributed by atoms with van der Waals surface area (Å²) in [5.74, 6) is -0.0226. The number of ether oxygens (including phenoxy) is 2. The number of hydrogen-bond acceptors (Lipinski definition) is 7.